The highest BCUT2D eigenvalue weighted by Crippen LogP contribution is 2.12. The van der Waals surface area contributed by atoms with Crippen LogP contribution in [0.15, 0.2) is 17.5 Å². The third kappa shape index (κ3) is 2.77. The van der Waals surface area contributed by atoms with Gasteiger partial charge in [-0.15, -0.1) is 11.3 Å². The molecule has 0 radical (unpaired) electrons. The van der Waals surface area contributed by atoms with Crippen molar-refractivity contribution in [2.24, 2.45) is 0 Å². The first-order valence-electron chi connectivity index (χ1n) is 4.86. The summed E-state index contributed by atoms with van der Waals surface area (Å²) in [7, 11) is 0. The van der Waals surface area contributed by atoms with Crippen LogP contribution in [0.3, 0.4) is 0 Å². The van der Waals surface area contributed by atoms with E-state index in [1.807, 2.05) is 17.5 Å². The van der Waals surface area contributed by atoms with Gasteiger partial charge in [0.25, 0.3) is 0 Å². The van der Waals surface area contributed by atoms with Crippen molar-refractivity contribution in [3.05, 3.63) is 22.4 Å². The van der Waals surface area contributed by atoms with Crippen molar-refractivity contribution in [2.75, 3.05) is 6.54 Å². The van der Waals surface area contributed by atoms with Crippen molar-refractivity contribution in [1.82, 2.24) is 5.32 Å². The van der Waals surface area contributed by atoms with Crippen LogP contribution >= 0.6 is 11.3 Å². The predicted molar refractivity (Wildman–Crippen MR) is 56.5 cm³/mol. The molecule has 15 heavy (non-hydrogen) atoms. The zero-order valence-corrected chi connectivity index (χ0v) is 9.00. The van der Waals surface area contributed by atoms with Crippen molar-refractivity contribution >= 4 is 17.3 Å². The first-order chi connectivity index (χ1) is 7.25. The number of carbonyl (C=O) groups is 1. The van der Waals surface area contributed by atoms with Crippen molar-refractivity contribution in [3.63, 3.8) is 0 Å². The van der Waals surface area contributed by atoms with E-state index >= 15 is 0 Å². The molecule has 1 saturated heterocycles. The topological polar surface area (TPSA) is 58.6 Å². The Bertz CT molecular complexity index is 325. The summed E-state index contributed by atoms with van der Waals surface area (Å²) in [6.45, 7) is 0.795. The molecule has 5 heteroatoms. The molecule has 2 atom stereocenters. The molecule has 82 valence electrons. The standard InChI is InChI=1S/C10H13NO3S/c12-7-4-9(11-5-7)10(13)14-6-8-2-1-3-15-8/h1-3,7,9,11-12H,4-6H2/t7?,9-/m0/s1. The third-order valence-electron chi connectivity index (χ3n) is 2.33. The number of hydrogen-bond acceptors (Lipinski definition) is 5. The normalized spacial score (nSPS) is 25.4. The van der Waals surface area contributed by atoms with Gasteiger partial charge in [-0.25, -0.2) is 0 Å². The van der Waals surface area contributed by atoms with Crippen LogP contribution in [0, 0.1) is 0 Å². The Balaban J connectivity index is 1.78. The molecule has 0 amide bonds. The van der Waals surface area contributed by atoms with Gasteiger partial charge in [-0.1, -0.05) is 6.07 Å². The highest BCUT2D eigenvalue weighted by molar-refractivity contribution is 7.09. The zero-order chi connectivity index (χ0) is 10.7. The Hall–Kier alpha value is -0.910. The van der Waals surface area contributed by atoms with Gasteiger partial charge in [-0.05, 0) is 11.4 Å². The van der Waals surface area contributed by atoms with Gasteiger partial charge in [0, 0.05) is 17.8 Å². The van der Waals surface area contributed by atoms with E-state index in [2.05, 4.69) is 5.32 Å². The number of aliphatic hydroxyl groups excluding tert-OH is 1. The maximum atomic E-state index is 11.5. The molecule has 4 nitrogen and oxygen atoms in total. The van der Waals surface area contributed by atoms with Crippen LogP contribution in [0.1, 0.15) is 11.3 Å². The van der Waals surface area contributed by atoms with Gasteiger partial charge in [0.15, 0.2) is 0 Å². The molecule has 2 N–H and O–H groups in total. The molecule has 0 saturated carbocycles. The lowest BCUT2D eigenvalue weighted by Gasteiger charge is -2.08. The minimum absolute atomic E-state index is 0.278. The van der Waals surface area contributed by atoms with Gasteiger partial charge in [-0.2, -0.15) is 0 Å². The summed E-state index contributed by atoms with van der Waals surface area (Å²) in [5.74, 6) is -0.278. The number of carbonyl (C=O) groups excluding carboxylic acids is 1. The van der Waals surface area contributed by atoms with Gasteiger partial charge < -0.3 is 15.2 Å². The SMILES string of the molecule is O=C(OCc1cccs1)[C@@H]1CC(O)CN1. The van der Waals surface area contributed by atoms with Crippen LogP contribution in [0.2, 0.25) is 0 Å². The van der Waals surface area contributed by atoms with E-state index in [1.54, 1.807) is 11.3 Å². The van der Waals surface area contributed by atoms with Crippen molar-refractivity contribution in [1.29, 1.82) is 0 Å². The lowest BCUT2D eigenvalue weighted by atomic mass is 10.2. The Labute approximate surface area is 91.9 Å². The molecule has 0 spiro atoms. The highest BCUT2D eigenvalue weighted by Gasteiger charge is 2.29. The summed E-state index contributed by atoms with van der Waals surface area (Å²) in [4.78, 5) is 12.5. The second-order valence-corrected chi connectivity index (χ2v) is 4.57. The molecule has 1 aromatic rings. The summed E-state index contributed by atoms with van der Waals surface area (Å²) >= 11 is 1.56. The number of rotatable bonds is 3. The average molecular weight is 227 g/mol. The predicted octanol–water partition coefficient (Wildman–Crippen LogP) is 0.514. The fraction of sp³-hybridized carbons (Fsp3) is 0.500. The molecule has 1 unspecified atom stereocenters. The molecule has 1 aliphatic rings. The summed E-state index contributed by atoms with van der Waals surface area (Å²) in [6, 6.07) is 3.50. The fourth-order valence-electron chi connectivity index (χ4n) is 1.53. The molecular formula is C10H13NO3S. The molecule has 2 heterocycles. The van der Waals surface area contributed by atoms with E-state index in [0.29, 0.717) is 19.6 Å². The Morgan fingerprint density at radius 3 is 3.20 bits per heavy atom. The monoisotopic (exact) mass is 227 g/mol. The number of hydrogen-bond donors (Lipinski definition) is 2. The number of β-amino-alcohol motifs (C(OH)–C–C–N with tert-alkyl or cyclic N) is 1. The number of aliphatic hydroxyl groups is 1. The van der Waals surface area contributed by atoms with E-state index in [4.69, 9.17) is 4.74 Å². The second-order valence-electron chi connectivity index (χ2n) is 3.54. The largest absolute Gasteiger partial charge is 0.459 e. The van der Waals surface area contributed by atoms with Crippen LogP contribution in [0.4, 0.5) is 0 Å². The van der Waals surface area contributed by atoms with E-state index in [9.17, 15) is 9.90 Å². The number of thiophene rings is 1. The molecule has 2 rings (SSSR count). The van der Waals surface area contributed by atoms with Crippen LogP contribution < -0.4 is 5.32 Å². The summed E-state index contributed by atoms with van der Waals surface area (Å²) < 4.78 is 5.12. The quantitative estimate of drug-likeness (QED) is 0.739. The average Bonchev–Trinajstić information content (AvgIpc) is 2.84. The van der Waals surface area contributed by atoms with E-state index in [0.717, 1.165) is 4.88 Å². The minimum atomic E-state index is -0.427. The molecule has 1 aromatic heterocycles. The van der Waals surface area contributed by atoms with Gasteiger partial charge >= 0.3 is 5.97 Å². The smallest absolute Gasteiger partial charge is 0.323 e. The minimum Gasteiger partial charge on any atom is -0.459 e. The third-order valence-corrected chi connectivity index (χ3v) is 3.18. The van der Waals surface area contributed by atoms with Crippen LogP contribution in [0.5, 0.6) is 0 Å². The second kappa shape index (κ2) is 4.74. The Kier molecular flexibility index (Phi) is 3.35. The number of ether oxygens (including phenoxy) is 1. The number of nitrogens with one attached hydrogen (secondary N) is 1. The first-order valence-corrected chi connectivity index (χ1v) is 5.74. The fourth-order valence-corrected chi connectivity index (χ4v) is 2.15. The molecule has 0 bridgehead atoms. The summed E-state index contributed by atoms with van der Waals surface area (Å²) in [6.07, 6.45) is 0.0211. The highest BCUT2D eigenvalue weighted by atomic mass is 32.1. The zero-order valence-electron chi connectivity index (χ0n) is 8.18. The van der Waals surface area contributed by atoms with Crippen LogP contribution in [0.25, 0.3) is 0 Å². The van der Waals surface area contributed by atoms with Crippen molar-refractivity contribution in [3.8, 4) is 0 Å². The lowest BCUT2D eigenvalue weighted by Crippen LogP contribution is -2.32. The summed E-state index contributed by atoms with van der Waals surface area (Å²) in [5, 5.41) is 14.1. The summed E-state index contributed by atoms with van der Waals surface area (Å²) in [5.41, 5.74) is 0. The van der Waals surface area contributed by atoms with Crippen LogP contribution in [-0.2, 0) is 16.1 Å². The number of esters is 1. The van der Waals surface area contributed by atoms with E-state index in [-0.39, 0.29) is 12.0 Å². The van der Waals surface area contributed by atoms with Crippen molar-refractivity contribution < 1.29 is 14.6 Å². The van der Waals surface area contributed by atoms with E-state index in [1.165, 1.54) is 0 Å². The molecule has 1 aliphatic heterocycles. The van der Waals surface area contributed by atoms with Crippen molar-refractivity contribution in [2.45, 2.75) is 25.2 Å². The Morgan fingerprint density at radius 2 is 2.60 bits per heavy atom. The maximum absolute atomic E-state index is 11.5. The molecule has 0 aliphatic carbocycles. The van der Waals surface area contributed by atoms with Crippen LogP contribution in [-0.4, -0.2) is 29.8 Å². The lowest BCUT2D eigenvalue weighted by molar-refractivity contribution is -0.147. The van der Waals surface area contributed by atoms with E-state index < -0.39 is 6.10 Å². The van der Waals surface area contributed by atoms with Gasteiger partial charge in [0.05, 0.1) is 6.10 Å². The van der Waals surface area contributed by atoms with Gasteiger partial charge in [0.1, 0.15) is 12.6 Å². The van der Waals surface area contributed by atoms with Gasteiger partial charge in [-0.3, -0.25) is 4.79 Å². The maximum Gasteiger partial charge on any atom is 0.323 e. The molecule has 1 fully saturated rings. The molecular weight excluding hydrogens is 214 g/mol. The van der Waals surface area contributed by atoms with Gasteiger partial charge in [0.2, 0.25) is 0 Å². The Morgan fingerprint density at radius 1 is 1.73 bits per heavy atom. The molecule has 0 aromatic carbocycles. The first kappa shape index (κ1) is 10.6.